The minimum absolute atomic E-state index is 0.511. The minimum Gasteiger partial charge on any atom is -0.198 e. The maximum absolute atomic E-state index is 8.68. The van der Waals surface area contributed by atoms with Crippen LogP contribution >= 0.6 is 38.6 Å². The summed E-state index contributed by atoms with van der Waals surface area (Å²) in [6.45, 7) is 0. The zero-order chi connectivity index (χ0) is 11.1. The average molecular weight is 308 g/mol. The van der Waals surface area contributed by atoms with Crippen LogP contribution < -0.4 is 0 Å². The lowest BCUT2D eigenvalue weighted by Crippen LogP contribution is -1.68. The van der Waals surface area contributed by atoms with Crippen molar-refractivity contribution in [1.29, 1.82) is 5.26 Å². The van der Waals surface area contributed by atoms with Crippen molar-refractivity contribution in [2.45, 2.75) is 6.42 Å². The van der Waals surface area contributed by atoms with Gasteiger partial charge in [-0.25, -0.2) is 0 Å². The van der Waals surface area contributed by atoms with E-state index >= 15 is 0 Å². The summed E-state index contributed by atoms with van der Waals surface area (Å²) in [5.74, 6) is 0. The van der Waals surface area contributed by atoms with Gasteiger partial charge in [0.2, 0.25) is 0 Å². The quantitative estimate of drug-likeness (QED) is 0.624. The Bertz CT molecular complexity index is 667. The first kappa shape index (κ1) is 10.3. The Balaban J connectivity index is 2.28. The molecule has 0 saturated carbocycles. The molecule has 0 N–H and O–H groups in total. The summed E-state index contributed by atoms with van der Waals surface area (Å²) >= 11 is 6.96. The fourth-order valence-corrected chi connectivity index (χ4v) is 4.37. The van der Waals surface area contributed by atoms with Gasteiger partial charge in [-0.05, 0) is 51.0 Å². The third-order valence-corrected chi connectivity index (χ3v) is 5.13. The van der Waals surface area contributed by atoms with Gasteiger partial charge in [0, 0.05) is 14.3 Å². The number of thiophene rings is 2. The van der Waals surface area contributed by atoms with Gasteiger partial charge in [0.25, 0.3) is 0 Å². The Labute approximate surface area is 109 Å². The largest absolute Gasteiger partial charge is 0.198 e. The SMILES string of the molecule is N#CCc1cc2cc3sc(Br)cc3cc2s1. The van der Waals surface area contributed by atoms with E-state index in [1.54, 1.807) is 22.7 Å². The number of fused-ring (bicyclic) bond motifs is 2. The van der Waals surface area contributed by atoms with Gasteiger partial charge in [0.1, 0.15) is 0 Å². The van der Waals surface area contributed by atoms with Crippen LogP contribution in [0.1, 0.15) is 4.88 Å². The molecule has 3 aromatic rings. The Hall–Kier alpha value is -0.890. The highest BCUT2D eigenvalue weighted by Gasteiger charge is 2.05. The summed E-state index contributed by atoms with van der Waals surface area (Å²) in [5, 5.41) is 11.2. The number of hydrogen-bond donors (Lipinski definition) is 0. The van der Waals surface area contributed by atoms with Crippen molar-refractivity contribution in [1.82, 2.24) is 0 Å². The van der Waals surface area contributed by atoms with E-state index in [0.29, 0.717) is 6.42 Å². The van der Waals surface area contributed by atoms with Gasteiger partial charge in [0.05, 0.1) is 16.3 Å². The van der Waals surface area contributed by atoms with Crippen LogP contribution in [0.15, 0.2) is 28.1 Å². The fourth-order valence-electron chi connectivity index (χ4n) is 1.76. The molecular weight excluding hydrogens is 302 g/mol. The van der Waals surface area contributed by atoms with Gasteiger partial charge in [-0.1, -0.05) is 0 Å². The summed E-state index contributed by atoms with van der Waals surface area (Å²) in [4.78, 5) is 1.15. The van der Waals surface area contributed by atoms with Crippen molar-refractivity contribution < 1.29 is 0 Å². The van der Waals surface area contributed by atoms with E-state index in [1.807, 2.05) is 0 Å². The molecule has 16 heavy (non-hydrogen) atoms. The fraction of sp³-hybridized carbons (Fsp3) is 0.0833. The zero-order valence-corrected chi connectivity index (χ0v) is 11.4. The van der Waals surface area contributed by atoms with Crippen LogP contribution in [-0.4, -0.2) is 0 Å². The van der Waals surface area contributed by atoms with Crippen molar-refractivity contribution in [3.8, 4) is 6.07 Å². The molecule has 0 unspecified atom stereocenters. The van der Waals surface area contributed by atoms with Crippen LogP contribution in [0, 0.1) is 11.3 Å². The maximum Gasteiger partial charge on any atom is 0.0711 e. The lowest BCUT2D eigenvalue weighted by atomic mass is 10.2. The second-order valence-corrected chi connectivity index (χ2v) is 7.16. The molecule has 0 spiro atoms. The minimum atomic E-state index is 0.511. The average Bonchev–Trinajstić information content (AvgIpc) is 2.75. The Morgan fingerprint density at radius 3 is 2.50 bits per heavy atom. The summed E-state index contributed by atoms with van der Waals surface area (Å²) in [7, 11) is 0. The molecule has 0 bridgehead atoms. The van der Waals surface area contributed by atoms with Crippen molar-refractivity contribution in [3.05, 3.63) is 32.9 Å². The van der Waals surface area contributed by atoms with Crippen molar-refractivity contribution >= 4 is 58.8 Å². The molecule has 0 aliphatic rings. The lowest BCUT2D eigenvalue weighted by molar-refractivity contribution is 1.32. The smallest absolute Gasteiger partial charge is 0.0711 e. The normalized spacial score (nSPS) is 11.0. The molecule has 0 atom stereocenters. The molecule has 78 valence electrons. The molecule has 0 radical (unpaired) electrons. The Morgan fingerprint density at radius 2 is 1.75 bits per heavy atom. The van der Waals surface area contributed by atoms with E-state index in [4.69, 9.17) is 5.26 Å². The van der Waals surface area contributed by atoms with Crippen LogP contribution in [0.2, 0.25) is 0 Å². The first-order valence-corrected chi connectivity index (χ1v) is 7.17. The van der Waals surface area contributed by atoms with Crippen molar-refractivity contribution in [2.24, 2.45) is 0 Å². The van der Waals surface area contributed by atoms with E-state index < -0.39 is 0 Å². The highest BCUT2D eigenvalue weighted by Crippen LogP contribution is 2.35. The standard InChI is InChI=1S/C12H6BrNS2/c13-12-6-8-5-10-7(4-11(8)16-12)3-9(15-10)1-2-14/h3-6H,1H2. The molecule has 3 rings (SSSR count). The third kappa shape index (κ3) is 1.65. The van der Waals surface area contributed by atoms with Gasteiger partial charge in [-0.3, -0.25) is 0 Å². The first-order chi connectivity index (χ1) is 7.76. The van der Waals surface area contributed by atoms with Crippen LogP contribution in [-0.2, 0) is 6.42 Å². The number of nitrogens with zero attached hydrogens (tertiary/aromatic N) is 1. The first-order valence-electron chi connectivity index (χ1n) is 4.75. The topological polar surface area (TPSA) is 23.8 Å². The van der Waals surface area contributed by atoms with Crippen LogP contribution in [0.4, 0.5) is 0 Å². The highest BCUT2D eigenvalue weighted by molar-refractivity contribution is 9.11. The summed E-state index contributed by atoms with van der Waals surface area (Å²) in [5.41, 5.74) is 0. The summed E-state index contributed by atoms with van der Waals surface area (Å²) in [6, 6.07) is 10.9. The predicted molar refractivity (Wildman–Crippen MR) is 74.2 cm³/mol. The molecule has 1 nitrogen and oxygen atoms in total. The van der Waals surface area contributed by atoms with Gasteiger partial charge in [-0.15, -0.1) is 22.7 Å². The van der Waals surface area contributed by atoms with E-state index in [0.717, 1.165) is 8.66 Å². The van der Waals surface area contributed by atoms with E-state index in [-0.39, 0.29) is 0 Å². The summed E-state index contributed by atoms with van der Waals surface area (Å²) in [6.07, 6.45) is 0.511. The van der Waals surface area contributed by atoms with E-state index in [2.05, 4.69) is 46.3 Å². The third-order valence-electron chi connectivity index (χ3n) is 2.43. The Kier molecular flexibility index (Phi) is 2.47. The number of benzene rings is 1. The van der Waals surface area contributed by atoms with Crippen molar-refractivity contribution in [2.75, 3.05) is 0 Å². The summed E-state index contributed by atoms with van der Waals surface area (Å²) < 4.78 is 3.72. The molecule has 2 aromatic heterocycles. The number of hydrogen-bond acceptors (Lipinski definition) is 3. The molecule has 4 heteroatoms. The molecule has 0 fully saturated rings. The van der Waals surface area contributed by atoms with Gasteiger partial charge < -0.3 is 0 Å². The molecular formula is C12H6BrNS2. The monoisotopic (exact) mass is 307 g/mol. The van der Waals surface area contributed by atoms with E-state index in [1.165, 1.54) is 20.2 Å². The molecule has 0 aliphatic heterocycles. The van der Waals surface area contributed by atoms with Crippen LogP contribution in [0.5, 0.6) is 0 Å². The van der Waals surface area contributed by atoms with Gasteiger partial charge >= 0.3 is 0 Å². The highest BCUT2D eigenvalue weighted by atomic mass is 79.9. The van der Waals surface area contributed by atoms with Gasteiger partial charge in [-0.2, -0.15) is 5.26 Å². The van der Waals surface area contributed by atoms with Crippen LogP contribution in [0.25, 0.3) is 20.2 Å². The number of nitriles is 1. The van der Waals surface area contributed by atoms with Crippen molar-refractivity contribution in [3.63, 3.8) is 0 Å². The molecule has 2 heterocycles. The second kappa shape index (κ2) is 3.85. The molecule has 0 saturated heterocycles. The molecule has 0 aliphatic carbocycles. The molecule has 1 aromatic carbocycles. The lowest BCUT2D eigenvalue weighted by Gasteiger charge is -1.89. The molecule has 0 amide bonds. The predicted octanol–water partition coefficient (Wildman–Crippen LogP) is 4.94. The maximum atomic E-state index is 8.68. The Morgan fingerprint density at radius 1 is 1.06 bits per heavy atom. The van der Waals surface area contributed by atoms with Gasteiger partial charge in [0.15, 0.2) is 0 Å². The van der Waals surface area contributed by atoms with E-state index in [9.17, 15) is 0 Å². The van der Waals surface area contributed by atoms with Crippen LogP contribution in [0.3, 0.4) is 0 Å². The number of rotatable bonds is 1. The zero-order valence-electron chi connectivity index (χ0n) is 8.16. The second-order valence-electron chi connectivity index (χ2n) is 3.53. The number of halogens is 1.